The van der Waals surface area contributed by atoms with Gasteiger partial charge >= 0.3 is 5.69 Å². The summed E-state index contributed by atoms with van der Waals surface area (Å²) in [6.45, 7) is 2.12. The third-order valence-electron chi connectivity index (χ3n) is 6.70. The fourth-order valence-corrected chi connectivity index (χ4v) is 5.99. The highest BCUT2D eigenvalue weighted by molar-refractivity contribution is 7.21. The Morgan fingerprint density at radius 1 is 1.19 bits per heavy atom. The fraction of sp³-hybridized carbons (Fsp3) is 0.375. The molecule has 1 amide bonds. The Balaban J connectivity index is 1.77. The van der Waals surface area contributed by atoms with E-state index in [4.69, 9.17) is 9.47 Å². The zero-order chi connectivity index (χ0) is 26.4. The highest BCUT2D eigenvalue weighted by Crippen LogP contribution is 2.34. The maximum Gasteiger partial charge on any atom is 0.332 e. The second-order valence-electron chi connectivity index (χ2n) is 8.77. The van der Waals surface area contributed by atoms with E-state index in [0.29, 0.717) is 45.1 Å². The lowest BCUT2D eigenvalue weighted by Gasteiger charge is -2.22. The summed E-state index contributed by atoms with van der Waals surface area (Å²) < 4.78 is 27.7. The van der Waals surface area contributed by atoms with E-state index in [1.807, 2.05) is 0 Å². The highest BCUT2D eigenvalue weighted by Gasteiger charge is 2.35. The Morgan fingerprint density at radius 2 is 1.92 bits per heavy atom. The SMILES string of the molecule is COc1ccc(F)cc1[C@H](Cn1c(=O)n([C@H]2CCN(C)C2=O)c(=O)c2c(C)c(-n3nccn3)sc21)OC. The number of hydrogen-bond acceptors (Lipinski definition) is 8. The van der Waals surface area contributed by atoms with E-state index in [9.17, 15) is 18.8 Å². The maximum absolute atomic E-state index is 14.2. The minimum atomic E-state index is -0.920. The molecule has 0 unspecified atom stereocenters. The topological polar surface area (TPSA) is 113 Å². The number of amides is 1. The van der Waals surface area contributed by atoms with Gasteiger partial charge in [-0.2, -0.15) is 10.2 Å². The van der Waals surface area contributed by atoms with Crippen molar-refractivity contribution in [1.82, 2.24) is 29.0 Å². The van der Waals surface area contributed by atoms with Gasteiger partial charge < -0.3 is 14.4 Å². The number of likely N-dealkylation sites (N-methyl/N-ethyl adjacent to an activating group) is 1. The highest BCUT2D eigenvalue weighted by atomic mass is 32.1. The molecule has 1 aliphatic rings. The van der Waals surface area contributed by atoms with Gasteiger partial charge in [0.25, 0.3) is 5.56 Å². The molecule has 194 valence electrons. The second-order valence-corrected chi connectivity index (χ2v) is 9.75. The van der Waals surface area contributed by atoms with E-state index in [2.05, 4.69) is 10.2 Å². The molecule has 0 spiro atoms. The number of aryl methyl sites for hydroxylation is 1. The molecule has 1 fully saturated rings. The third-order valence-corrected chi connectivity index (χ3v) is 7.98. The number of aromatic nitrogens is 5. The average molecular weight is 529 g/mol. The van der Waals surface area contributed by atoms with Crippen LogP contribution in [0.5, 0.6) is 5.75 Å². The molecule has 5 rings (SSSR count). The number of hydrogen-bond donors (Lipinski definition) is 0. The molecule has 1 aromatic carbocycles. The van der Waals surface area contributed by atoms with Gasteiger partial charge in [0.2, 0.25) is 5.91 Å². The first-order valence-corrected chi connectivity index (χ1v) is 12.3. The molecule has 3 aromatic heterocycles. The number of likely N-dealkylation sites (tertiary alicyclic amines) is 1. The quantitative estimate of drug-likeness (QED) is 0.361. The third kappa shape index (κ3) is 4.03. The van der Waals surface area contributed by atoms with Crippen molar-refractivity contribution < 1.29 is 18.7 Å². The van der Waals surface area contributed by atoms with E-state index in [0.717, 1.165) is 4.57 Å². The molecule has 37 heavy (non-hydrogen) atoms. The first-order chi connectivity index (χ1) is 17.8. The van der Waals surface area contributed by atoms with E-state index in [1.165, 1.54) is 70.4 Å². The smallest absolute Gasteiger partial charge is 0.332 e. The van der Waals surface area contributed by atoms with Crippen LogP contribution < -0.4 is 16.0 Å². The van der Waals surface area contributed by atoms with Crippen LogP contribution in [0.3, 0.4) is 0 Å². The normalized spacial score (nSPS) is 16.6. The Labute approximate surface area is 214 Å². The van der Waals surface area contributed by atoms with Crippen LogP contribution in [-0.4, -0.2) is 62.7 Å². The van der Waals surface area contributed by atoms with Crippen molar-refractivity contribution in [2.75, 3.05) is 27.8 Å². The van der Waals surface area contributed by atoms with Crippen LogP contribution in [0.4, 0.5) is 4.39 Å². The van der Waals surface area contributed by atoms with Crippen molar-refractivity contribution in [1.29, 1.82) is 0 Å². The van der Waals surface area contributed by atoms with E-state index < -0.39 is 29.2 Å². The van der Waals surface area contributed by atoms with Crippen molar-refractivity contribution in [3.05, 3.63) is 68.4 Å². The van der Waals surface area contributed by atoms with Gasteiger partial charge in [0.1, 0.15) is 33.5 Å². The Morgan fingerprint density at radius 3 is 2.54 bits per heavy atom. The summed E-state index contributed by atoms with van der Waals surface area (Å²) in [5.74, 6) is -0.400. The molecular weight excluding hydrogens is 503 g/mol. The zero-order valence-corrected chi connectivity index (χ0v) is 21.5. The van der Waals surface area contributed by atoms with Crippen LogP contribution in [-0.2, 0) is 16.1 Å². The molecular formula is C24H25FN6O5S. The number of rotatable bonds is 7. The summed E-state index contributed by atoms with van der Waals surface area (Å²) in [6, 6.07) is 3.13. The fourth-order valence-electron chi connectivity index (χ4n) is 4.77. The molecule has 1 saturated heterocycles. The number of fused-ring (bicyclic) bond motifs is 1. The molecule has 0 radical (unpaired) electrons. The van der Waals surface area contributed by atoms with Gasteiger partial charge in [-0.05, 0) is 31.5 Å². The van der Waals surface area contributed by atoms with Gasteiger partial charge in [-0.15, -0.1) is 4.80 Å². The lowest BCUT2D eigenvalue weighted by molar-refractivity contribution is -0.129. The first kappa shape index (κ1) is 24.8. The van der Waals surface area contributed by atoms with Crippen LogP contribution in [0.25, 0.3) is 15.2 Å². The Kier molecular flexibility index (Phi) is 6.42. The minimum absolute atomic E-state index is 0.0609. The number of carbonyl (C=O) groups excluding carboxylic acids is 1. The number of carbonyl (C=O) groups is 1. The average Bonchev–Trinajstić information content (AvgIpc) is 3.60. The lowest BCUT2D eigenvalue weighted by atomic mass is 10.1. The Bertz CT molecular complexity index is 1610. The maximum atomic E-state index is 14.2. The van der Waals surface area contributed by atoms with E-state index in [1.54, 1.807) is 14.0 Å². The minimum Gasteiger partial charge on any atom is -0.496 e. The van der Waals surface area contributed by atoms with Crippen LogP contribution >= 0.6 is 11.3 Å². The monoisotopic (exact) mass is 528 g/mol. The van der Waals surface area contributed by atoms with Crippen molar-refractivity contribution >= 4 is 27.5 Å². The molecule has 11 nitrogen and oxygen atoms in total. The predicted molar refractivity (Wildman–Crippen MR) is 134 cm³/mol. The van der Waals surface area contributed by atoms with Crippen LogP contribution in [0.15, 0.2) is 40.2 Å². The van der Waals surface area contributed by atoms with Gasteiger partial charge in [-0.25, -0.2) is 13.8 Å². The van der Waals surface area contributed by atoms with Gasteiger partial charge in [-0.3, -0.25) is 14.2 Å². The standard InChI is InChI=1S/C24H25FN6O5S/c1-13-19-21(33)30(16-7-10-28(2)20(16)32)24(34)29(23(19)37-22(13)31-26-8-9-27-31)12-18(36-4)15-11-14(25)5-6-17(15)35-3/h5-6,8-9,11,16,18H,7,10,12H2,1-4H3/t16-,18-/m0/s1. The number of methoxy groups -OCH3 is 2. The van der Waals surface area contributed by atoms with E-state index >= 15 is 0 Å². The number of thiophene rings is 1. The van der Waals surface area contributed by atoms with Crippen LogP contribution in [0.1, 0.15) is 29.7 Å². The summed E-state index contributed by atoms with van der Waals surface area (Å²) in [7, 11) is 4.54. The molecule has 4 aromatic rings. The predicted octanol–water partition coefficient (Wildman–Crippen LogP) is 2.05. The van der Waals surface area contributed by atoms with Gasteiger partial charge in [0, 0.05) is 31.8 Å². The number of nitrogens with zero attached hydrogens (tertiary/aromatic N) is 6. The summed E-state index contributed by atoms with van der Waals surface area (Å²) >= 11 is 1.18. The molecule has 0 bridgehead atoms. The first-order valence-electron chi connectivity index (χ1n) is 11.5. The van der Waals surface area contributed by atoms with Crippen molar-refractivity contribution in [3.8, 4) is 10.8 Å². The summed E-state index contributed by atoms with van der Waals surface area (Å²) in [4.78, 5) is 43.8. The largest absolute Gasteiger partial charge is 0.496 e. The van der Waals surface area contributed by atoms with Crippen molar-refractivity contribution in [2.24, 2.45) is 0 Å². The van der Waals surface area contributed by atoms with Gasteiger partial charge in [0.05, 0.1) is 31.4 Å². The lowest BCUT2D eigenvalue weighted by Crippen LogP contribution is -2.44. The molecule has 1 aliphatic heterocycles. The van der Waals surface area contributed by atoms with Gasteiger partial charge in [0.15, 0.2) is 0 Å². The van der Waals surface area contributed by atoms with Crippen LogP contribution in [0.2, 0.25) is 0 Å². The summed E-state index contributed by atoms with van der Waals surface area (Å²) in [5.41, 5.74) is -0.208. The number of halogens is 1. The summed E-state index contributed by atoms with van der Waals surface area (Å²) in [6.07, 6.45) is 2.56. The molecule has 2 atom stereocenters. The van der Waals surface area contributed by atoms with Crippen LogP contribution in [0, 0.1) is 12.7 Å². The zero-order valence-electron chi connectivity index (χ0n) is 20.7. The molecule has 13 heteroatoms. The van der Waals surface area contributed by atoms with Crippen molar-refractivity contribution in [2.45, 2.75) is 32.0 Å². The molecule has 0 aliphatic carbocycles. The number of ether oxygens (including phenoxy) is 2. The van der Waals surface area contributed by atoms with E-state index in [-0.39, 0.29) is 12.5 Å². The van der Waals surface area contributed by atoms with Gasteiger partial charge in [-0.1, -0.05) is 11.3 Å². The number of benzene rings is 1. The summed E-state index contributed by atoms with van der Waals surface area (Å²) in [5, 5.41) is 9.22. The molecule has 4 heterocycles. The molecule has 0 saturated carbocycles. The second kappa shape index (κ2) is 9.56. The molecule has 0 N–H and O–H groups in total. The van der Waals surface area contributed by atoms with Crippen molar-refractivity contribution in [3.63, 3.8) is 0 Å². The Hall–Kier alpha value is -3.84.